The van der Waals surface area contributed by atoms with Crippen molar-refractivity contribution in [3.8, 4) is 5.75 Å². The third-order valence-corrected chi connectivity index (χ3v) is 4.38. The Hall–Kier alpha value is -1.67. The fraction of sp³-hybridized carbons (Fsp3) is 0.308. The summed E-state index contributed by atoms with van der Waals surface area (Å²) in [5.74, 6) is -0.204. The molecule has 1 amide bonds. The molecule has 8 heteroatoms. The zero-order valence-corrected chi connectivity index (χ0v) is 13.1. The van der Waals surface area contributed by atoms with Crippen molar-refractivity contribution in [3.05, 3.63) is 30.1 Å². The van der Waals surface area contributed by atoms with Gasteiger partial charge in [-0.15, -0.1) is 10.2 Å². The van der Waals surface area contributed by atoms with E-state index in [2.05, 4.69) is 15.5 Å². The molecule has 0 spiro atoms. The van der Waals surface area contributed by atoms with Crippen LogP contribution in [0.2, 0.25) is 0 Å². The van der Waals surface area contributed by atoms with Gasteiger partial charge in [0.1, 0.15) is 11.6 Å². The summed E-state index contributed by atoms with van der Waals surface area (Å²) in [6.07, 6.45) is 1.70. The first kappa shape index (κ1) is 15.7. The van der Waals surface area contributed by atoms with Crippen LogP contribution in [0.15, 0.2) is 28.6 Å². The number of aromatic nitrogens is 2. The van der Waals surface area contributed by atoms with Crippen LogP contribution in [0.3, 0.4) is 0 Å². The van der Waals surface area contributed by atoms with Gasteiger partial charge in [-0.25, -0.2) is 4.39 Å². The van der Waals surface area contributed by atoms with Crippen LogP contribution in [0.1, 0.15) is 13.3 Å². The minimum Gasteiger partial charge on any atom is -0.481 e. The molecule has 1 heterocycles. The zero-order chi connectivity index (χ0) is 15.2. The second-order valence-electron chi connectivity index (χ2n) is 4.04. The molecule has 112 valence electrons. The Bertz CT molecular complexity index is 604. The number of benzene rings is 1. The van der Waals surface area contributed by atoms with E-state index in [4.69, 9.17) is 4.74 Å². The van der Waals surface area contributed by atoms with Crippen molar-refractivity contribution in [2.24, 2.45) is 0 Å². The molecule has 1 unspecified atom stereocenters. The Morgan fingerprint density at radius 2 is 2.14 bits per heavy atom. The largest absolute Gasteiger partial charge is 0.481 e. The molecule has 0 radical (unpaired) electrons. The summed E-state index contributed by atoms with van der Waals surface area (Å²) in [6, 6.07) is 5.55. The van der Waals surface area contributed by atoms with Crippen molar-refractivity contribution < 1.29 is 13.9 Å². The lowest BCUT2D eigenvalue weighted by atomic mass is 10.2. The summed E-state index contributed by atoms with van der Waals surface area (Å²) < 4.78 is 19.2. The van der Waals surface area contributed by atoms with E-state index in [1.807, 2.05) is 13.2 Å². The van der Waals surface area contributed by atoms with Crippen LogP contribution in [-0.2, 0) is 4.79 Å². The Kier molecular flexibility index (Phi) is 5.51. The van der Waals surface area contributed by atoms with Crippen LogP contribution < -0.4 is 10.1 Å². The van der Waals surface area contributed by atoms with Gasteiger partial charge in [0, 0.05) is 0 Å². The summed E-state index contributed by atoms with van der Waals surface area (Å²) in [4.78, 5) is 12.1. The van der Waals surface area contributed by atoms with Gasteiger partial charge in [-0.2, -0.15) is 0 Å². The van der Waals surface area contributed by atoms with E-state index in [9.17, 15) is 9.18 Å². The smallest absolute Gasteiger partial charge is 0.267 e. The molecular weight excluding hydrogens is 313 g/mol. The molecule has 5 nitrogen and oxygen atoms in total. The molecule has 2 aromatic rings. The average molecular weight is 327 g/mol. The molecule has 0 saturated heterocycles. The maximum atomic E-state index is 12.8. The highest BCUT2D eigenvalue weighted by atomic mass is 32.2. The Morgan fingerprint density at radius 3 is 2.71 bits per heavy atom. The van der Waals surface area contributed by atoms with Gasteiger partial charge in [0.25, 0.3) is 5.91 Å². The number of nitrogens with one attached hydrogen (secondary N) is 1. The summed E-state index contributed by atoms with van der Waals surface area (Å²) in [6.45, 7) is 1.83. The number of ether oxygens (including phenoxy) is 1. The minimum atomic E-state index is -0.669. The molecule has 1 aromatic heterocycles. The predicted octanol–water partition coefficient (Wildman–Crippen LogP) is 3.20. The number of thioether (sulfide) groups is 1. The maximum Gasteiger partial charge on any atom is 0.267 e. The zero-order valence-electron chi connectivity index (χ0n) is 11.5. The molecule has 0 bridgehead atoms. The van der Waals surface area contributed by atoms with Crippen molar-refractivity contribution in [2.75, 3.05) is 11.6 Å². The third kappa shape index (κ3) is 4.40. The van der Waals surface area contributed by atoms with Gasteiger partial charge in [0.2, 0.25) is 5.13 Å². The molecule has 21 heavy (non-hydrogen) atoms. The Morgan fingerprint density at radius 1 is 1.43 bits per heavy atom. The number of anilines is 1. The van der Waals surface area contributed by atoms with Gasteiger partial charge >= 0.3 is 0 Å². The van der Waals surface area contributed by atoms with Gasteiger partial charge in [-0.3, -0.25) is 10.1 Å². The summed E-state index contributed by atoms with van der Waals surface area (Å²) in [5, 5.41) is 10.9. The molecule has 0 aliphatic rings. The Labute approximate surface area is 129 Å². The number of halogens is 1. The van der Waals surface area contributed by atoms with Crippen LogP contribution >= 0.6 is 23.1 Å². The second kappa shape index (κ2) is 7.37. The molecule has 1 aromatic carbocycles. The van der Waals surface area contributed by atoms with Crippen molar-refractivity contribution in [3.63, 3.8) is 0 Å². The molecule has 0 aliphatic carbocycles. The van der Waals surface area contributed by atoms with E-state index >= 15 is 0 Å². The third-order valence-electron chi connectivity index (χ3n) is 2.57. The molecular formula is C13H14FN3O2S2. The number of rotatable bonds is 6. The SMILES string of the molecule is CCC(Oc1ccc(F)cc1)C(=O)Nc1nnc(SC)s1. The lowest BCUT2D eigenvalue weighted by Gasteiger charge is -2.16. The Balaban J connectivity index is 1.99. The average Bonchev–Trinajstić information content (AvgIpc) is 2.94. The fourth-order valence-electron chi connectivity index (χ4n) is 1.53. The highest BCUT2D eigenvalue weighted by molar-refractivity contribution is 8.00. The molecule has 1 N–H and O–H groups in total. The fourth-order valence-corrected chi connectivity index (χ4v) is 2.70. The van der Waals surface area contributed by atoms with Crippen molar-refractivity contribution in [1.29, 1.82) is 0 Å². The predicted molar refractivity (Wildman–Crippen MR) is 81.4 cm³/mol. The van der Waals surface area contributed by atoms with Crippen molar-refractivity contribution in [1.82, 2.24) is 10.2 Å². The molecule has 0 fully saturated rings. The topological polar surface area (TPSA) is 64.1 Å². The van der Waals surface area contributed by atoms with Crippen LogP contribution in [-0.4, -0.2) is 28.5 Å². The normalized spacial score (nSPS) is 12.0. The van der Waals surface area contributed by atoms with Gasteiger partial charge in [0.15, 0.2) is 10.4 Å². The lowest BCUT2D eigenvalue weighted by molar-refractivity contribution is -0.122. The minimum absolute atomic E-state index is 0.300. The van der Waals surface area contributed by atoms with E-state index in [-0.39, 0.29) is 11.7 Å². The molecule has 0 saturated carbocycles. The van der Waals surface area contributed by atoms with Gasteiger partial charge in [0.05, 0.1) is 0 Å². The van der Waals surface area contributed by atoms with E-state index in [1.54, 1.807) is 0 Å². The highest BCUT2D eigenvalue weighted by Gasteiger charge is 2.20. The number of carbonyl (C=O) groups is 1. The summed E-state index contributed by atoms with van der Waals surface area (Å²) in [7, 11) is 0. The van der Waals surface area contributed by atoms with Gasteiger partial charge < -0.3 is 4.74 Å². The maximum absolute atomic E-state index is 12.8. The number of nitrogens with zero attached hydrogens (tertiary/aromatic N) is 2. The van der Waals surface area contributed by atoms with Crippen molar-refractivity contribution in [2.45, 2.75) is 23.8 Å². The number of amides is 1. The first-order valence-electron chi connectivity index (χ1n) is 6.23. The van der Waals surface area contributed by atoms with Crippen LogP contribution in [0, 0.1) is 5.82 Å². The number of hydrogen-bond acceptors (Lipinski definition) is 6. The number of hydrogen-bond donors (Lipinski definition) is 1. The summed E-state index contributed by atoms with van der Waals surface area (Å²) >= 11 is 2.76. The first-order valence-corrected chi connectivity index (χ1v) is 8.27. The van der Waals surface area contributed by atoms with E-state index < -0.39 is 6.10 Å². The van der Waals surface area contributed by atoms with E-state index in [1.165, 1.54) is 47.4 Å². The number of carbonyl (C=O) groups excluding carboxylic acids is 1. The van der Waals surface area contributed by atoms with Crippen LogP contribution in [0.5, 0.6) is 5.75 Å². The van der Waals surface area contributed by atoms with Crippen molar-refractivity contribution >= 4 is 34.1 Å². The highest BCUT2D eigenvalue weighted by Crippen LogP contribution is 2.23. The van der Waals surface area contributed by atoms with Gasteiger partial charge in [-0.1, -0.05) is 30.0 Å². The summed E-state index contributed by atoms with van der Waals surface area (Å²) in [5.41, 5.74) is 0. The van der Waals surface area contributed by atoms with E-state index in [0.29, 0.717) is 17.3 Å². The molecule has 1 atom stereocenters. The standard InChI is InChI=1S/C13H14FN3O2S2/c1-3-10(19-9-6-4-8(14)5-7-9)11(18)15-12-16-17-13(20-2)21-12/h4-7,10H,3H2,1-2H3,(H,15,16,18). The molecule has 0 aliphatic heterocycles. The quantitative estimate of drug-likeness (QED) is 0.652. The molecule has 2 rings (SSSR count). The second-order valence-corrected chi connectivity index (χ2v) is 6.07. The first-order chi connectivity index (χ1) is 10.1. The van der Waals surface area contributed by atoms with Gasteiger partial charge in [-0.05, 0) is 36.9 Å². The lowest BCUT2D eigenvalue weighted by Crippen LogP contribution is -2.32. The van der Waals surface area contributed by atoms with Crippen LogP contribution in [0.25, 0.3) is 0 Å². The van der Waals surface area contributed by atoms with E-state index in [0.717, 1.165) is 4.34 Å². The monoisotopic (exact) mass is 327 g/mol. The van der Waals surface area contributed by atoms with Crippen LogP contribution in [0.4, 0.5) is 9.52 Å².